The number of hydrogen-bond donors (Lipinski definition) is 1. The summed E-state index contributed by atoms with van der Waals surface area (Å²) in [6, 6.07) is 3.74. The average molecular weight is 277 g/mol. The molecule has 0 unspecified atom stereocenters. The van der Waals surface area contributed by atoms with Crippen LogP contribution >= 0.6 is 11.8 Å². The lowest BCUT2D eigenvalue weighted by Gasteiger charge is -1.89. The lowest BCUT2D eigenvalue weighted by atomic mass is 10.4. The van der Waals surface area contributed by atoms with Gasteiger partial charge in [-0.3, -0.25) is 0 Å². The number of nitrogens with zero attached hydrogens (tertiary/aromatic N) is 4. The van der Waals surface area contributed by atoms with Crippen molar-refractivity contribution in [2.45, 2.75) is 24.3 Å². The van der Waals surface area contributed by atoms with Crippen molar-refractivity contribution in [2.24, 2.45) is 0 Å². The van der Waals surface area contributed by atoms with Crippen molar-refractivity contribution in [3.05, 3.63) is 30.0 Å². The van der Waals surface area contributed by atoms with Gasteiger partial charge in [0.2, 0.25) is 5.89 Å². The third kappa shape index (κ3) is 2.68. The maximum absolute atomic E-state index is 5.50. The molecule has 3 aromatic heterocycles. The first-order valence-electron chi connectivity index (χ1n) is 5.76. The van der Waals surface area contributed by atoms with Crippen molar-refractivity contribution >= 4 is 11.8 Å². The first kappa shape index (κ1) is 12.0. The van der Waals surface area contributed by atoms with Crippen LogP contribution in [-0.4, -0.2) is 25.3 Å². The summed E-state index contributed by atoms with van der Waals surface area (Å²) in [5.41, 5.74) is 0.797. The molecule has 0 aliphatic heterocycles. The molecule has 0 saturated carbocycles. The molecular weight excluding hydrogens is 266 g/mol. The minimum Gasteiger partial charge on any atom is -0.410 e. The van der Waals surface area contributed by atoms with E-state index >= 15 is 0 Å². The van der Waals surface area contributed by atoms with Crippen molar-refractivity contribution in [3.8, 4) is 11.6 Å². The van der Waals surface area contributed by atoms with Gasteiger partial charge in [-0.1, -0.05) is 23.8 Å². The Hall–Kier alpha value is -2.09. The van der Waals surface area contributed by atoms with Crippen LogP contribution in [0.1, 0.15) is 18.6 Å². The highest BCUT2D eigenvalue weighted by molar-refractivity contribution is 7.98. The molecule has 8 heteroatoms. The Morgan fingerprint density at radius 2 is 2.32 bits per heavy atom. The third-order valence-corrected chi connectivity index (χ3v) is 3.18. The standard InChI is InChI=1S/C11H11N5O2S/c1-2-8-13-9(18-16-8)6-19-11-15-14-10(17-11)7-4-3-5-12-7/h3-5,12H,2,6H2,1H3. The Bertz CT molecular complexity index is 646. The van der Waals surface area contributed by atoms with Crippen LogP contribution in [0.2, 0.25) is 0 Å². The van der Waals surface area contributed by atoms with Crippen LogP contribution in [0.4, 0.5) is 0 Å². The number of rotatable bonds is 5. The quantitative estimate of drug-likeness (QED) is 0.715. The first-order chi connectivity index (χ1) is 9.35. The summed E-state index contributed by atoms with van der Waals surface area (Å²) < 4.78 is 10.6. The zero-order valence-corrected chi connectivity index (χ0v) is 11.0. The zero-order chi connectivity index (χ0) is 13.1. The highest BCUT2D eigenvalue weighted by Gasteiger charge is 2.11. The van der Waals surface area contributed by atoms with E-state index in [1.807, 2.05) is 19.1 Å². The molecule has 0 saturated heterocycles. The van der Waals surface area contributed by atoms with E-state index in [0.29, 0.717) is 28.6 Å². The van der Waals surface area contributed by atoms with Gasteiger partial charge in [-0.2, -0.15) is 4.98 Å². The Morgan fingerprint density at radius 3 is 3.05 bits per heavy atom. The van der Waals surface area contributed by atoms with Gasteiger partial charge in [0, 0.05) is 12.6 Å². The minimum absolute atomic E-state index is 0.465. The lowest BCUT2D eigenvalue weighted by Crippen LogP contribution is -1.84. The molecule has 3 heterocycles. The largest absolute Gasteiger partial charge is 0.410 e. The van der Waals surface area contributed by atoms with Gasteiger partial charge in [-0.25, -0.2) is 0 Å². The van der Waals surface area contributed by atoms with Gasteiger partial charge in [0.05, 0.1) is 5.75 Å². The summed E-state index contributed by atoms with van der Waals surface area (Å²) >= 11 is 1.37. The van der Waals surface area contributed by atoms with E-state index in [1.54, 1.807) is 6.20 Å². The number of hydrogen-bond acceptors (Lipinski definition) is 7. The van der Waals surface area contributed by atoms with Gasteiger partial charge in [0.25, 0.3) is 11.1 Å². The highest BCUT2D eigenvalue weighted by Crippen LogP contribution is 2.24. The fourth-order valence-electron chi connectivity index (χ4n) is 1.46. The predicted octanol–water partition coefficient (Wildman–Crippen LogP) is 2.30. The molecule has 0 radical (unpaired) electrons. The molecule has 0 aromatic carbocycles. The van der Waals surface area contributed by atoms with Crippen molar-refractivity contribution in [2.75, 3.05) is 0 Å². The van der Waals surface area contributed by atoms with Crippen LogP contribution in [0, 0.1) is 0 Å². The van der Waals surface area contributed by atoms with Crippen LogP contribution in [0.15, 0.2) is 32.5 Å². The van der Waals surface area contributed by atoms with Crippen LogP contribution in [0.5, 0.6) is 0 Å². The van der Waals surface area contributed by atoms with Gasteiger partial charge in [0.15, 0.2) is 5.82 Å². The molecule has 98 valence electrons. The molecule has 7 nitrogen and oxygen atoms in total. The van der Waals surface area contributed by atoms with Crippen LogP contribution in [0.25, 0.3) is 11.6 Å². The summed E-state index contributed by atoms with van der Waals surface area (Å²) in [4.78, 5) is 7.21. The summed E-state index contributed by atoms with van der Waals surface area (Å²) in [5.74, 6) is 2.24. The van der Waals surface area contributed by atoms with E-state index in [9.17, 15) is 0 Å². The third-order valence-electron chi connectivity index (χ3n) is 2.38. The van der Waals surface area contributed by atoms with E-state index in [2.05, 4.69) is 25.3 Å². The predicted molar refractivity (Wildman–Crippen MR) is 67.3 cm³/mol. The summed E-state index contributed by atoms with van der Waals surface area (Å²) in [6.07, 6.45) is 2.56. The first-order valence-corrected chi connectivity index (χ1v) is 6.75. The molecule has 0 atom stereocenters. The fraction of sp³-hybridized carbons (Fsp3) is 0.273. The van der Waals surface area contributed by atoms with Gasteiger partial charge < -0.3 is 13.9 Å². The fourth-order valence-corrected chi connectivity index (χ4v) is 2.06. The number of thioether (sulfide) groups is 1. The molecule has 3 rings (SSSR count). The van der Waals surface area contributed by atoms with E-state index in [0.717, 1.165) is 12.1 Å². The van der Waals surface area contributed by atoms with E-state index in [4.69, 9.17) is 8.94 Å². The summed E-state index contributed by atoms with van der Waals surface area (Å²) in [5, 5.41) is 12.2. The van der Waals surface area contributed by atoms with E-state index in [-0.39, 0.29) is 0 Å². The molecule has 0 spiro atoms. The van der Waals surface area contributed by atoms with Gasteiger partial charge in [-0.05, 0) is 12.1 Å². The Kier molecular flexibility index (Phi) is 3.32. The molecular formula is C11H11N5O2S. The molecule has 3 aromatic rings. The average Bonchev–Trinajstić information content (AvgIpc) is 3.16. The topological polar surface area (TPSA) is 93.6 Å². The molecule has 0 amide bonds. The second-order valence-corrected chi connectivity index (χ2v) is 4.63. The summed E-state index contributed by atoms with van der Waals surface area (Å²) in [7, 11) is 0. The molecule has 0 bridgehead atoms. The number of H-pyrrole nitrogens is 1. The SMILES string of the molecule is CCc1noc(CSc2nnc(-c3ccc[nH]3)o2)n1. The minimum atomic E-state index is 0.465. The molecule has 1 N–H and O–H groups in total. The monoisotopic (exact) mass is 277 g/mol. The maximum Gasteiger partial charge on any atom is 0.277 e. The second kappa shape index (κ2) is 5.27. The number of aryl methyl sites for hydroxylation is 1. The van der Waals surface area contributed by atoms with Crippen molar-refractivity contribution in [1.29, 1.82) is 0 Å². The smallest absolute Gasteiger partial charge is 0.277 e. The maximum atomic E-state index is 5.50. The van der Waals surface area contributed by atoms with Crippen molar-refractivity contribution < 1.29 is 8.94 Å². The van der Waals surface area contributed by atoms with Crippen LogP contribution in [-0.2, 0) is 12.2 Å². The molecule has 0 aliphatic carbocycles. The van der Waals surface area contributed by atoms with E-state index < -0.39 is 0 Å². The normalized spacial score (nSPS) is 11.0. The van der Waals surface area contributed by atoms with Crippen LogP contribution in [0.3, 0.4) is 0 Å². The Labute approximate surface area is 112 Å². The second-order valence-electron chi connectivity index (χ2n) is 3.70. The molecule has 0 aliphatic rings. The summed E-state index contributed by atoms with van der Waals surface area (Å²) in [6.45, 7) is 1.97. The number of aromatic nitrogens is 5. The van der Waals surface area contributed by atoms with Gasteiger partial charge in [-0.15, -0.1) is 10.2 Å². The van der Waals surface area contributed by atoms with Crippen LogP contribution < -0.4 is 0 Å². The lowest BCUT2D eigenvalue weighted by molar-refractivity contribution is 0.384. The Balaban J connectivity index is 1.64. The van der Waals surface area contributed by atoms with Crippen molar-refractivity contribution in [3.63, 3.8) is 0 Å². The number of nitrogens with one attached hydrogen (secondary N) is 1. The molecule has 0 fully saturated rings. The Morgan fingerprint density at radius 1 is 1.37 bits per heavy atom. The highest BCUT2D eigenvalue weighted by atomic mass is 32.2. The molecule has 19 heavy (non-hydrogen) atoms. The van der Waals surface area contributed by atoms with Crippen molar-refractivity contribution in [1.82, 2.24) is 25.3 Å². The zero-order valence-electron chi connectivity index (χ0n) is 10.2. The number of aromatic amines is 1. The van der Waals surface area contributed by atoms with Gasteiger partial charge in [0.1, 0.15) is 5.69 Å². The van der Waals surface area contributed by atoms with Gasteiger partial charge >= 0.3 is 0 Å². The van der Waals surface area contributed by atoms with E-state index in [1.165, 1.54) is 11.8 Å².